The van der Waals surface area contributed by atoms with Gasteiger partial charge in [-0.2, -0.15) is 0 Å². The summed E-state index contributed by atoms with van der Waals surface area (Å²) in [6.45, 7) is 0.470. The van der Waals surface area contributed by atoms with Crippen LogP contribution in [0.1, 0.15) is 11.1 Å². The number of hydrogen-bond acceptors (Lipinski definition) is 2. The van der Waals surface area contributed by atoms with Crippen LogP contribution in [0.3, 0.4) is 0 Å². The minimum absolute atomic E-state index is 0.206. The molecule has 0 aliphatic carbocycles. The van der Waals surface area contributed by atoms with Crippen molar-refractivity contribution in [2.75, 3.05) is 7.11 Å². The van der Waals surface area contributed by atoms with Gasteiger partial charge >= 0.3 is 0 Å². The van der Waals surface area contributed by atoms with Crippen molar-refractivity contribution in [1.29, 1.82) is 0 Å². The molecule has 0 spiro atoms. The average molecular weight is 336 g/mol. The lowest BCUT2D eigenvalue weighted by Crippen LogP contribution is -2.20. The molecule has 2 aromatic carbocycles. The maximum atomic E-state index is 11.9. The first kappa shape index (κ1) is 16.4. The number of rotatable bonds is 5. The highest BCUT2D eigenvalue weighted by molar-refractivity contribution is 6.35. The molecule has 0 bridgehead atoms. The zero-order valence-corrected chi connectivity index (χ0v) is 13.5. The Morgan fingerprint density at radius 1 is 1.23 bits per heavy atom. The molecule has 0 atom stereocenters. The van der Waals surface area contributed by atoms with Crippen LogP contribution in [0.5, 0.6) is 5.75 Å². The van der Waals surface area contributed by atoms with Crippen molar-refractivity contribution in [2.45, 2.75) is 6.54 Å². The average Bonchev–Trinajstić information content (AvgIpc) is 2.51. The van der Waals surface area contributed by atoms with Gasteiger partial charge in [-0.05, 0) is 23.8 Å². The Morgan fingerprint density at radius 3 is 2.64 bits per heavy atom. The fourth-order valence-electron chi connectivity index (χ4n) is 1.93. The highest BCUT2D eigenvalue weighted by atomic mass is 35.5. The number of carbonyl (C=O) groups excluding carboxylic acids is 1. The van der Waals surface area contributed by atoms with E-state index in [0.29, 0.717) is 27.9 Å². The highest BCUT2D eigenvalue weighted by Gasteiger charge is 2.07. The van der Waals surface area contributed by atoms with Crippen molar-refractivity contribution in [2.24, 2.45) is 0 Å². The number of amides is 1. The first-order valence-electron chi connectivity index (χ1n) is 6.63. The van der Waals surface area contributed by atoms with Gasteiger partial charge in [-0.1, -0.05) is 53.5 Å². The summed E-state index contributed by atoms with van der Waals surface area (Å²) in [5.74, 6) is 0.278. The van der Waals surface area contributed by atoms with Crippen molar-refractivity contribution in [3.05, 3.63) is 69.7 Å². The van der Waals surface area contributed by atoms with Crippen LogP contribution in [0.4, 0.5) is 0 Å². The molecule has 22 heavy (non-hydrogen) atoms. The second-order valence-corrected chi connectivity index (χ2v) is 5.39. The molecule has 5 heteroatoms. The molecule has 114 valence electrons. The molecule has 0 radical (unpaired) electrons. The van der Waals surface area contributed by atoms with E-state index >= 15 is 0 Å². The monoisotopic (exact) mass is 335 g/mol. The van der Waals surface area contributed by atoms with Crippen molar-refractivity contribution >= 4 is 35.2 Å². The Labute approximate surface area is 139 Å². The van der Waals surface area contributed by atoms with Gasteiger partial charge in [-0.3, -0.25) is 4.79 Å². The van der Waals surface area contributed by atoms with E-state index in [1.54, 1.807) is 18.2 Å². The molecule has 0 heterocycles. The molecular formula is C17H15Cl2NO2. The van der Waals surface area contributed by atoms with Crippen LogP contribution in [0.2, 0.25) is 10.0 Å². The van der Waals surface area contributed by atoms with E-state index in [4.69, 9.17) is 27.9 Å². The number of carbonyl (C=O) groups is 1. The Balaban J connectivity index is 2.04. The summed E-state index contributed by atoms with van der Waals surface area (Å²) in [5.41, 5.74) is 1.68. The van der Waals surface area contributed by atoms with E-state index in [0.717, 1.165) is 5.56 Å². The van der Waals surface area contributed by atoms with E-state index in [9.17, 15) is 4.79 Å². The van der Waals surface area contributed by atoms with Gasteiger partial charge < -0.3 is 10.1 Å². The number of halogens is 2. The third-order valence-electron chi connectivity index (χ3n) is 2.97. The Bertz CT molecular complexity index is 685. The van der Waals surface area contributed by atoms with Crippen LogP contribution in [0.15, 0.2) is 48.5 Å². The summed E-state index contributed by atoms with van der Waals surface area (Å²) in [7, 11) is 1.52. The molecule has 0 saturated heterocycles. The summed E-state index contributed by atoms with van der Waals surface area (Å²) in [6.07, 6.45) is 3.05. The van der Waals surface area contributed by atoms with E-state index in [2.05, 4.69) is 5.32 Å². The van der Waals surface area contributed by atoms with E-state index in [-0.39, 0.29) is 5.91 Å². The summed E-state index contributed by atoms with van der Waals surface area (Å²) >= 11 is 12.0. The number of methoxy groups -OCH3 is 1. The largest absolute Gasteiger partial charge is 0.495 e. The maximum absolute atomic E-state index is 11.9. The van der Waals surface area contributed by atoms with Crippen LogP contribution in [0, 0.1) is 0 Å². The van der Waals surface area contributed by atoms with Crippen molar-refractivity contribution < 1.29 is 9.53 Å². The third-order valence-corrected chi connectivity index (χ3v) is 3.46. The summed E-state index contributed by atoms with van der Waals surface area (Å²) < 4.78 is 5.22. The molecule has 2 rings (SSSR count). The molecule has 1 amide bonds. The fourth-order valence-corrected chi connectivity index (χ4v) is 2.52. The van der Waals surface area contributed by atoms with E-state index < -0.39 is 0 Å². The van der Waals surface area contributed by atoms with Crippen molar-refractivity contribution in [3.8, 4) is 5.75 Å². The number of benzene rings is 2. The molecule has 1 N–H and O–H groups in total. The summed E-state index contributed by atoms with van der Waals surface area (Å²) in [4.78, 5) is 11.9. The van der Waals surface area contributed by atoms with Gasteiger partial charge in [0.15, 0.2) is 0 Å². The standard InChI is InChI=1S/C17H15Cl2NO2/c1-22-17-13(9-14(18)10-15(17)19)7-8-16(21)20-11-12-5-3-2-4-6-12/h2-10H,11H2,1H3,(H,20,21). The minimum atomic E-state index is -0.206. The van der Waals surface area contributed by atoms with Gasteiger partial charge in [0.05, 0.1) is 12.1 Å². The Kier molecular flexibility index (Phi) is 5.87. The number of hydrogen-bond donors (Lipinski definition) is 1. The molecule has 0 unspecified atom stereocenters. The highest BCUT2D eigenvalue weighted by Crippen LogP contribution is 2.32. The molecule has 0 aliphatic heterocycles. The third kappa shape index (κ3) is 4.52. The zero-order chi connectivity index (χ0) is 15.9. The second kappa shape index (κ2) is 7.87. The van der Waals surface area contributed by atoms with Crippen LogP contribution >= 0.6 is 23.2 Å². The maximum Gasteiger partial charge on any atom is 0.244 e. The van der Waals surface area contributed by atoms with Crippen LogP contribution in [-0.4, -0.2) is 13.0 Å². The molecule has 0 aromatic heterocycles. The Hall–Kier alpha value is -1.97. The van der Waals surface area contributed by atoms with E-state index in [1.165, 1.54) is 13.2 Å². The second-order valence-electron chi connectivity index (χ2n) is 4.55. The predicted octanol–water partition coefficient (Wildman–Crippen LogP) is 4.33. The molecule has 2 aromatic rings. The predicted molar refractivity (Wildman–Crippen MR) is 90.3 cm³/mol. The van der Waals surface area contributed by atoms with Crippen molar-refractivity contribution in [1.82, 2.24) is 5.32 Å². The molecule has 3 nitrogen and oxygen atoms in total. The number of nitrogens with one attached hydrogen (secondary N) is 1. The quantitative estimate of drug-likeness (QED) is 0.826. The summed E-state index contributed by atoms with van der Waals surface area (Å²) in [6, 6.07) is 13.0. The van der Waals surface area contributed by atoms with Gasteiger partial charge in [0, 0.05) is 23.2 Å². The molecule has 0 saturated carbocycles. The topological polar surface area (TPSA) is 38.3 Å². The van der Waals surface area contributed by atoms with E-state index in [1.807, 2.05) is 30.3 Å². The van der Waals surface area contributed by atoms with Gasteiger partial charge in [-0.15, -0.1) is 0 Å². The first-order valence-corrected chi connectivity index (χ1v) is 7.38. The lowest BCUT2D eigenvalue weighted by molar-refractivity contribution is -0.116. The molecule has 0 aliphatic rings. The lowest BCUT2D eigenvalue weighted by atomic mass is 10.2. The SMILES string of the molecule is COc1c(Cl)cc(Cl)cc1C=CC(=O)NCc1ccccc1. The van der Waals surface area contributed by atoms with Gasteiger partial charge in [-0.25, -0.2) is 0 Å². The minimum Gasteiger partial charge on any atom is -0.495 e. The smallest absolute Gasteiger partial charge is 0.244 e. The summed E-state index contributed by atoms with van der Waals surface area (Å²) in [5, 5.41) is 3.69. The van der Waals surface area contributed by atoms with Gasteiger partial charge in [0.2, 0.25) is 5.91 Å². The van der Waals surface area contributed by atoms with Crippen LogP contribution < -0.4 is 10.1 Å². The van der Waals surface area contributed by atoms with Gasteiger partial charge in [0.25, 0.3) is 0 Å². The normalized spacial score (nSPS) is 10.7. The van der Waals surface area contributed by atoms with Gasteiger partial charge in [0.1, 0.15) is 5.75 Å². The Morgan fingerprint density at radius 2 is 1.95 bits per heavy atom. The molecular weight excluding hydrogens is 321 g/mol. The lowest BCUT2D eigenvalue weighted by Gasteiger charge is -2.08. The van der Waals surface area contributed by atoms with Crippen LogP contribution in [0.25, 0.3) is 6.08 Å². The zero-order valence-electron chi connectivity index (χ0n) is 12.0. The first-order chi connectivity index (χ1) is 10.6. The fraction of sp³-hybridized carbons (Fsp3) is 0.118. The number of ether oxygens (including phenoxy) is 1. The molecule has 0 fully saturated rings. The van der Waals surface area contributed by atoms with Crippen LogP contribution in [-0.2, 0) is 11.3 Å². The van der Waals surface area contributed by atoms with Crippen molar-refractivity contribution in [3.63, 3.8) is 0 Å².